The molecule has 1 aromatic rings. The first kappa shape index (κ1) is 14.0. The van der Waals surface area contributed by atoms with Crippen LogP contribution in [0.25, 0.3) is 6.08 Å². The Bertz CT molecular complexity index is 555. The lowest BCUT2D eigenvalue weighted by Gasteiger charge is -2.22. The second kappa shape index (κ2) is 5.79. The van der Waals surface area contributed by atoms with Gasteiger partial charge in [-0.2, -0.15) is 0 Å². The van der Waals surface area contributed by atoms with Crippen LogP contribution in [0.5, 0.6) is 0 Å². The number of rotatable bonds is 3. The Morgan fingerprint density at radius 3 is 2.75 bits per heavy atom. The summed E-state index contributed by atoms with van der Waals surface area (Å²) in [4.78, 5) is 12.0. The fourth-order valence-corrected chi connectivity index (χ4v) is 3.93. The number of nitrogens with one attached hydrogen (secondary N) is 1. The molecule has 2 aliphatic rings. The van der Waals surface area contributed by atoms with E-state index in [1.807, 2.05) is 6.07 Å². The monoisotopic (exact) mass is 309 g/mol. The van der Waals surface area contributed by atoms with Gasteiger partial charge < -0.3 is 5.32 Å². The van der Waals surface area contributed by atoms with E-state index in [2.05, 4.69) is 5.32 Å². The first-order chi connectivity index (χ1) is 9.61. The number of fused-ring (bicyclic) bond motifs is 2. The van der Waals surface area contributed by atoms with Gasteiger partial charge in [0.05, 0.1) is 0 Å². The number of carbonyl (C=O) groups excluding carboxylic acids is 1. The molecule has 4 heteroatoms. The van der Waals surface area contributed by atoms with E-state index in [9.17, 15) is 4.79 Å². The summed E-state index contributed by atoms with van der Waals surface area (Å²) in [6, 6.07) is 5.62. The number of hydrogen-bond acceptors (Lipinski definition) is 1. The van der Waals surface area contributed by atoms with Crippen LogP contribution in [-0.2, 0) is 4.79 Å². The molecule has 0 heterocycles. The van der Waals surface area contributed by atoms with Crippen LogP contribution in [0.3, 0.4) is 0 Å². The molecule has 0 saturated heterocycles. The zero-order valence-electron chi connectivity index (χ0n) is 11.1. The summed E-state index contributed by atoms with van der Waals surface area (Å²) in [6.45, 7) is 0. The zero-order valence-corrected chi connectivity index (χ0v) is 12.6. The summed E-state index contributed by atoms with van der Waals surface area (Å²) in [7, 11) is 0. The van der Waals surface area contributed by atoms with Crippen LogP contribution in [0.1, 0.15) is 31.2 Å². The second-order valence-corrected chi connectivity index (χ2v) is 6.63. The lowest BCUT2D eigenvalue weighted by molar-refractivity contribution is -0.117. The van der Waals surface area contributed by atoms with Crippen LogP contribution >= 0.6 is 23.2 Å². The van der Waals surface area contributed by atoms with E-state index in [0.29, 0.717) is 22.0 Å². The molecule has 1 amide bonds. The molecule has 2 saturated carbocycles. The molecule has 1 aromatic carbocycles. The minimum atomic E-state index is -0.0337. The van der Waals surface area contributed by atoms with Crippen molar-refractivity contribution in [1.29, 1.82) is 0 Å². The predicted octanol–water partition coefficient (Wildman–Crippen LogP) is 4.31. The van der Waals surface area contributed by atoms with Gasteiger partial charge in [-0.25, -0.2) is 0 Å². The maximum absolute atomic E-state index is 12.0. The van der Waals surface area contributed by atoms with Crippen LogP contribution in [0.2, 0.25) is 10.0 Å². The smallest absolute Gasteiger partial charge is 0.244 e. The maximum Gasteiger partial charge on any atom is 0.244 e. The van der Waals surface area contributed by atoms with Crippen molar-refractivity contribution in [1.82, 2.24) is 5.32 Å². The Morgan fingerprint density at radius 2 is 2.10 bits per heavy atom. The number of carbonyl (C=O) groups is 1. The van der Waals surface area contributed by atoms with Gasteiger partial charge in [0.1, 0.15) is 0 Å². The third kappa shape index (κ3) is 3.02. The third-order valence-electron chi connectivity index (χ3n) is 4.44. The van der Waals surface area contributed by atoms with Gasteiger partial charge in [0.15, 0.2) is 0 Å². The van der Waals surface area contributed by atoms with Gasteiger partial charge in [0.25, 0.3) is 0 Å². The van der Waals surface area contributed by atoms with Crippen LogP contribution in [0, 0.1) is 11.8 Å². The Morgan fingerprint density at radius 1 is 1.25 bits per heavy atom. The average Bonchev–Trinajstić information content (AvgIpc) is 3.00. The molecule has 3 atom stereocenters. The highest BCUT2D eigenvalue weighted by Crippen LogP contribution is 2.44. The molecular weight excluding hydrogens is 293 g/mol. The third-order valence-corrected chi connectivity index (χ3v) is 5.00. The van der Waals surface area contributed by atoms with E-state index in [4.69, 9.17) is 23.2 Å². The number of hydrogen-bond donors (Lipinski definition) is 1. The van der Waals surface area contributed by atoms with Crippen molar-refractivity contribution in [2.75, 3.05) is 0 Å². The lowest BCUT2D eigenvalue weighted by Crippen LogP contribution is -2.37. The molecular formula is C16H17Cl2NO. The van der Waals surface area contributed by atoms with Crippen molar-refractivity contribution >= 4 is 35.2 Å². The van der Waals surface area contributed by atoms with Gasteiger partial charge in [-0.3, -0.25) is 4.79 Å². The molecule has 0 aromatic heterocycles. The van der Waals surface area contributed by atoms with Crippen LogP contribution < -0.4 is 5.32 Å². The van der Waals surface area contributed by atoms with Crippen LogP contribution in [-0.4, -0.2) is 11.9 Å². The fraction of sp³-hybridized carbons (Fsp3) is 0.438. The molecule has 2 fully saturated rings. The van der Waals surface area contributed by atoms with Crippen LogP contribution in [0.4, 0.5) is 0 Å². The van der Waals surface area contributed by atoms with E-state index < -0.39 is 0 Å². The summed E-state index contributed by atoms with van der Waals surface area (Å²) in [5.41, 5.74) is 0.805. The van der Waals surface area contributed by atoms with Crippen molar-refractivity contribution in [2.45, 2.75) is 31.7 Å². The Hall–Kier alpha value is -0.990. The predicted molar refractivity (Wildman–Crippen MR) is 82.9 cm³/mol. The molecule has 0 aliphatic heterocycles. The molecule has 2 bridgehead atoms. The van der Waals surface area contributed by atoms with E-state index in [-0.39, 0.29) is 5.91 Å². The van der Waals surface area contributed by atoms with Gasteiger partial charge in [-0.15, -0.1) is 0 Å². The molecule has 3 rings (SSSR count). The summed E-state index contributed by atoms with van der Waals surface area (Å²) in [5.74, 6) is 1.49. The first-order valence-electron chi connectivity index (χ1n) is 7.05. The molecule has 20 heavy (non-hydrogen) atoms. The molecule has 0 spiro atoms. The second-order valence-electron chi connectivity index (χ2n) is 5.79. The Labute approximate surface area is 129 Å². The summed E-state index contributed by atoms with van der Waals surface area (Å²) in [6.07, 6.45) is 8.33. The quantitative estimate of drug-likeness (QED) is 0.828. The summed E-state index contributed by atoms with van der Waals surface area (Å²) >= 11 is 11.9. The molecule has 2 nitrogen and oxygen atoms in total. The van der Waals surface area contributed by atoms with Crippen LogP contribution in [0.15, 0.2) is 24.3 Å². The van der Waals surface area contributed by atoms with Gasteiger partial charge >= 0.3 is 0 Å². The van der Waals surface area contributed by atoms with Crippen molar-refractivity contribution < 1.29 is 4.79 Å². The highest BCUT2D eigenvalue weighted by atomic mass is 35.5. The molecule has 1 N–H and O–H groups in total. The molecule has 106 valence electrons. The molecule has 2 aliphatic carbocycles. The number of amides is 1. The van der Waals surface area contributed by atoms with Gasteiger partial charge in [0.2, 0.25) is 5.91 Å². The largest absolute Gasteiger partial charge is 0.350 e. The highest BCUT2D eigenvalue weighted by molar-refractivity contribution is 6.35. The highest BCUT2D eigenvalue weighted by Gasteiger charge is 2.39. The Kier molecular flexibility index (Phi) is 4.04. The minimum absolute atomic E-state index is 0.0337. The van der Waals surface area contributed by atoms with Crippen molar-refractivity contribution in [2.24, 2.45) is 11.8 Å². The van der Waals surface area contributed by atoms with E-state index in [0.717, 1.165) is 17.9 Å². The van der Waals surface area contributed by atoms with Gasteiger partial charge in [0, 0.05) is 22.2 Å². The summed E-state index contributed by atoms with van der Waals surface area (Å²) in [5, 5.41) is 4.27. The number of benzene rings is 1. The molecule has 0 radical (unpaired) electrons. The minimum Gasteiger partial charge on any atom is -0.350 e. The van der Waals surface area contributed by atoms with Crippen molar-refractivity contribution in [3.8, 4) is 0 Å². The topological polar surface area (TPSA) is 29.1 Å². The van der Waals surface area contributed by atoms with E-state index >= 15 is 0 Å². The maximum atomic E-state index is 12.0. The normalized spacial score (nSPS) is 28.2. The SMILES string of the molecule is O=C(/C=C/c1ccc(Cl)cc1Cl)N[C@@H]1C[C@H]2CC[C@H]1C2. The first-order valence-corrected chi connectivity index (χ1v) is 7.81. The van der Waals surface area contributed by atoms with Gasteiger partial charge in [-0.05, 0) is 54.9 Å². The average molecular weight is 310 g/mol. The van der Waals surface area contributed by atoms with E-state index in [1.165, 1.54) is 19.3 Å². The van der Waals surface area contributed by atoms with Crippen molar-refractivity contribution in [3.63, 3.8) is 0 Å². The fourth-order valence-electron chi connectivity index (χ4n) is 3.45. The van der Waals surface area contributed by atoms with Crippen molar-refractivity contribution in [3.05, 3.63) is 39.9 Å². The number of halogens is 2. The lowest BCUT2D eigenvalue weighted by atomic mass is 9.95. The summed E-state index contributed by atoms with van der Waals surface area (Å²) < 4.78 is 0. The van der Waals surface area contributed by atoms with E-state index in [1.54, 1.807) is 24.3 Å². The zero-order chi connectivity index (χ0) is 14.1. The standard InChI is InChI=1S/C16H17Cl2NO/c17-13-5-3-11(14(18)9-13)4-6-16(20)19-15-8-10-1-2-12(15)7-10/h3-6,9-10,12,15H,1-2,7-8H2,(H,19,20)/b6-4+/t10-,12-,15+/m0/s1. The molecule has 0 unspecified atom stereocenters. The Balaban J connectivity index is 1.59. The van der Waals surface area contributed by atoms with Gasteiger partial charge in [-0.1, -0.05) is 35.7 Å².